The van der Waals surface area contributed by atoms with E-state index in [2.05, 4.69) is 17.4 Å². The van der Waals surface area contributed by atoms with E-state index in [-0.39, 0.29) is 24.0 Å². The molecule has 2 aliphatic rings. The first-order chi connectivity index (χ1) is 11.7. The molecule has 1 aliphatic carbocycles. The molecule has 1 amide bonds. The Bertz CT molecular complexity index is 505. The zero-order chi connectivity index (χ0) is 16.8. The second-order valence-corrected chi connectivity index (χ2v) is 7.27. The first kappa shape index (κ1) is 17.4. The van der Waals surface area contributed by atoms with Gasteiger partial charge < -0.3 is 15.2 Å². The summed E-state index contributed by atoms with van der Waals surface area (Å²) in [5.74, 6) is 0.814. The summed E-state index contributed by atoms with van der Waals surface area (Å²) in [6.07, 6.45) is 6.00. The van der Waals surface area contributed by atoms with Crippen molar-refractivity contribution in [2.75, 3.05) is 13.2 Å². The summed E-state index contributed by atoms with van der Waals surface area (Å²) in [6.45, 7) is 1.67. The first-order valence-corrected chi connectivity index (χ1v) is 9.33. The van der Waals surface area contributed by atoms with Crippen molar-refractivity contribution in [1.82, 2.24) is 5.32 Å². The molecular formula is C20H29NO3. The van der Waals surface area contributed by atoms with Gasteiger partial charge in [0.05, 0.1) is 12.1 Å². The number of carbonyl (C=O) groups excluding carboxylic acids is 1. The predicted molar refractivity (Wildman–Crippen MR) is 93.5 cm³/mol. The van der Waals surface area contributed by atoms with E-state index in [1.54, 1.807) is 0 Å². The van der Waals surface area contributed by atoms with Gasteiger partial charge in [-0.05, 0) is 56.4 Å². The molecule has 0 bridgehead atoms. The van der Waals surface area contributed by atoms with Crippen molar-refractivity contribution in [2.24, 2.45) is 11.8 Å². The molecule has 1 saturated heterocycles. The van der Waals surface area contributed by atoms with Gasteiger partial charge >= 0.3 is 0 Å². The fourth-order valence-corrected chi connectivity index (χ4v) is 3.91. The van der Waals surface area contributed by atoms with E-state index in [0.717, 1.165) is 58.2 Å². The minimum Gasteiger partial charge on any atom is -0.393 e. The minimum absolute atomic E-state index is 0.0503. The van der Waals surface area contributed by atoms with Gasteiger partial charge in [-0.1, -0.05) is 30.3 Å². The number of hydrogen-bond acceptors (Lipinski definition) is 3. The highest BCUT2D eigenvalue weighted by atomic mass is 16.5. The van der Waals surface area contributed by atoms with Gasteiger partial charge in [0, 0.05) is 19.1 Å². The van der Waals surface area contributed by atoms with E-state index in [4.69, 9.17) is 4.74 Å². The van der Waals surface area contributed by atoms with Gasteiger partial charge in [0.1, 0.15) is 0 Å². The van der Waals surface area contributed by atoms with Crippen molar-refractivity contribution in [1.29, 1.82) is 0 Å². The lowest BCUT2D eigenvalue weighted by molar-refractivity contribution is -0.127. The van der Waals surface area contributed by atoms with Crippen molar-refractivity contribution in [2.45, 2.75) is 57.1 Å². The summed E-state index contributed by atoms with van der Waals surface area (Å²) >= 11 is 0. The van der Waals surface area contributed by atoms with Gasteiger partial charge in [-0.3, -0.25) is 4.79 Å². The number of amides is 1. The van der Waals surface area contributed by atoms with Crippen LogP contribution in [-0.4, -0.2) is 30.3 Å². The van der Waals surface area contributed by atoms with E-state index < -0.39 is 0 Å². The van der Waals surface area contributed by atoms with Crippen molar-refractivity contribution in [3.63, 3.8) is 0 Å². The van der Waals surface area contributed by atoms with Gasteiger partial charge in [-0.25, -0.2) is 0 Å². The zero-order valence-electron chi connectivity index (χ0n) is 14.3. The minimum atomic E-state index is -0.221. The van der Waals surface area contributed by atoms with E-state index in [1.807, 2.05) is 18.2 Å². The van der Waals surface area contributed by atoms with Crippen LogP contribution in [-0.2, 0) is 9.53 Å². The Morgan fingerprint density at radius 3 is 2.42 bits per heavy atom. The lowest BCUT2D eigenvalue weighted by atomic mass is 9.85. The highest BCUT2D eigenvalue weighted by Crippen LogP contribution is 2.30. The Labute approximate surface area is 144 Å². The molecule has 132 valence electrons. The average Bonchev–Trinajstić information content (AvgIpc) is 2.63. The molecule has 2 fully saturated rings. The zero-order valence-corrected chi connectivity index (χ0v) is 14.3. The molecule has 1 atom stereocenters. The van der Waals surface area contributed by atoms with Crippen LogP contribution in [0.15, 0.2) is 30.3 Å². The van der Waals surface area contributed by atoms with Crippen LogP contribution in [0.25, 0.3) is 0 Å². The van der Waals surface area contributed by atoms with Gasteiger partial charge in [0.25, 0.3) is 0 Å². The first-order valence-electron chi connectivity index (χ1n) is 9.33. The molecule has 3 rings (SSSR count). The molecule has 1 aliphatic heterocycles. The van der Waals surface area contributed by atoms with E-state index in [0.29, 0.717) is 5.92 Å². The van der Waals surface area contributed by atoms with Crippen molar-refractivity contribution in [3.05, 3.63) is 35.9 Å². The van der Waals surface area contributed by atoms with Crippen LogP contribution in [0.2, 0.25) is 0 Å². The van der Waals surface area contributed by atoms with Crippen LogP contribution in [0.3, 0.4) is 0 Å². The van der Waals surface area contributed by atoms with Crippen molar-refractivity contribution in [3.8, 4) is 0 Å². The molecule has 1 aromatic carbocycles. The summed E-state index contributed by atoms with van der Waals surface area (Å²) in [6, 6.07) is 10.4. The normalized spacial score (nSPS) is 26.7. The number of nitrogens with one attached hydrogen (secondary N) is 1. The van der Waals surface area contributed by atoms with Gasteiger partial charge in [0.15, 0.2) is 0 Å². The number of rotatable bonds is 5. The monoisotopic (exact) mass is 331 g/mol. The highest BCUT2D eigenvalue weighted by Gasteiger charge is 2.28. The van der Waals surface area contributed by atoms with Crippen LogP contribution >= 0.6 is 0 Å². The fourth-order valence-electron chi connectivity index (χ4n) is 3.91. The van der Waals surface area contributed by atoms with E-state index >= 15 is 0 Å². The molecule has 1 aromatic rings. The maximum atomic E-state index is 12.7. The maximum absolute atomic E-state index is 12.7. The molecule has 2 N–H and O–H groups in total. The Morgan fingerprint density at radius 2 is 1.75 bits per heavy atom. The average molecular weight is 331 g/mol. The second kappa shape index (κ2) is 8.63. The van der Waals surface area contributed by atoms with Crippen LogP contribution in [0.1, 0.15) is 56.6 Å². The third-order valence-electron chi connectivity index (χ3n) is 5.50. The Hall–Kier alpha value is -1.39. The van der Waals surface area contributed by atoms with E-state index in [1.165, 1.54) is 5.56 Å². The number of carbonyl (C=O) groups is 1. The topological polar surface area (TPSA) is 58.6 Å². The van der Waals surface area contributed by atoms with Crippen molar-refractivity contribution >= 4 is 5.91 Å². The molecular weight excluding hydrogens is 302 g/mol. The van der Waals surface area contributed by atoms with Gasteiger partial charge in [-0.2, -0.15) is 0 Å². The lowest BCUT2D eigenvalue weighted by Crippen LogP contribution is -2.37. The van der Waals surface area contributed by atoms with E-state index in [9.17, 15) is 9.90 Å². The number of benzene rings is 1. The molecule has 0 spiro atoms. The molecule has 0 radical (unpaired) electrons. The molecule has 4 nitrogen and oxygen atoms in total. The SMILES string of the molecule is O=C(N[C@H](CC1CCOCC1)c1ccccc1)C1CCC(O)CC1. The smallest absolute Gasteiger partial charge is 0.223 e. The van der Waals surface area contributed by atoms with Crippen LogP contribution < -0.4 is 5.32 Å². The fraction of sp³-hybridized carbons (Fsp3) is 0.650. The number of aliphatic hydroxyl groups excluding tert-OH is 1. The Morgan fingerprint density at radius 1 is 1.08 bits per heavy atom. The number of ether oxygens (including phenoxy) is 1. The van der Waals surface area contributed by atoms with Crippen LogP contribution in [0.5, 0.6) is 0 Å². The molecule has 4 heteroatoms. The quantitative estimate of drug-likeness (QED) is 0.871. The maximum Gasteiger partial charge on any atom is 0.223 e. The summed E-state index contributed by atoms with van der Waals surface area (Å²) in [4.78, 5) is 12.7. The predicted octanol–water partition coefficient (Wildman–Crippen LogP) is 3.21. The highest BCUT2D eigenvalue weighted by molar-refractivity contribution is 5.79. The van der Waals surface area contributed by atoms with Gasteiger partial charge in [-0.15, -0.1) is 0 Å². The summed E-state index contributed by atoms with van der Waals surface area (Å²) in [5, 5.41) is 12.9. The molecule has 1 saturated carbocycles. The number of hydrogen-bond donors (Lipinski definition) is 2. The summed E-state index contributed by atoms with van der Waals surface area (Å²) in [5.41, 5.74) is 1.19. The Kier molecular flexibility index (Phi) is 6.27. The number of aliphatic hydroxyl groups is 1. The van der Waals surface area contributed by atoms with Crippen LogP contribution in [0, 0.1) is 11.8 Å². The summed E-state index contributed by atoms with van der Waals surface area (Å²) < 4.78 is 5.46. The second-order valence-electron chi connectivity index (χ2n) is 7.27. The van der Waals surface area contributed by atoms with Crippen LogP contribution in [0.4, 0.5) is 0 Å². The Balaban J connectivity index is 1.64. The van der Waals surface area contributed by atoms with Gasteiger partial charge in [0.2, 0.25) is 5.91 Å². The molecule has 24 heavy (non-hydrogen) atoms. The summed E-state index contributed by atoms with van der Waals surface area (Å²) in [7, 11) is 0. The third kappa shape index (κ3) is 4.81. The van der Waals surface area contributed by atoms with Crippen molar-refractivity contribution < 1.29 is 14.6 Å². The molecule has 0 unspecified atom stereocenters. The third-order valence-corrected chi connectivity index (χ3v) is 5.50. The molecule has 0 aromatic heterocycles. The molecule has 1 heterocycles. The lowest BCUT2D eigenvalue weighted by Gasteiger charge is -2.30. The standard InChI is InChI=1S/C20H29NO3/c22-18-8-6-17(7-9-18)20(23)21-19(16-4-2-1-3-5-16)14-15-10-12-24-13-11-15/h1-5,15,17-19,22H,6-14H2,(H,21,23)/t17?,18?,19-/m1/s1. The largest absolute Gasteiger partial charge is 0.393 e.